The molecule has 0 aromatic rings. The van der Waals surface area contributed by atoms with Crippen LogP contribution in [0.5, 0.6) is 0 Å². The highest BCUT2D eigenvalue weighted by Gasteiger charge is 2.37. The van der Waals surface area contributed by atoms with E-state index < -0.39 is 0 Å². The van der Waals surface area contributed by atoms with Gasteiger partial charge in [0.25, 0.3) is 0 Å². The first-order valence-electron chi connectivity index (χ1n) is 8.02. The molecule has 3 heteroatoms. The van der Waals surface area contributed by atoms with Gasteiger partial charge in [0.05, 0.1) is 6.61 Å². The minimum atomic E-state index is 0.279. The molecule has 0 spiro atoms. The van der Waals surface area contributed by atoms with Crippen molar-refractivity contribution >= 4 is 0 Å². The van der Waals surface area contributed by atoms with Crippen LogP contribution >= 0.6 is 0 Å². The molecule has 3 nitrogen and oxygen atoms in total. The topological polar surface area (TPSA) is 49.5 Å². The van der Waals surface area contributed by atoms with E-state index in [1.54, 1.807) is 0 Å². The van der Waals surface area contributed by atoms with Gasteiger partial charge in [0, 0.05) is 25.2 Å². The number of hydrogen-bond acceptors (Lipinski definition) is 3. The number of hydrogen-bond donors (Lipinski definition) is 2. The second-order valence-corrected chi connectivity index (χ2v) is 7.75. The van der Waals surface area contributed by atoms with Crippen LogP contribution in [0.3, 0.4) is 0 Å². The molecule has 3 atom stereocenters. The maximum atomic E-state index is 9.22. The van der Waals surface area contributed by atoms with Crippen LogP contribution < -0.4 is 5.73 Å². The van der Waals surface area contributed by atoms with Crippen molar-refractivity contribution in [3.05, 3.63) is 0 Å². The van der Waals surface area contributed by atoms with Crippen LogP contribution in [0, 0.1) is 17.3 Å². The van der Waals surface area contributed by atoms with E-state index in [-0.39, 0.29) is 6.61 Å². The smallest absolute Gasteiger partial charge is 0.0558 e. The van der Waals surface area contributed by atoms with Gasteiger partial charge in [-0.3, -0.25) is 4.90 Å². The highest BCUT2D eigenvalue weighted by atomic mass is 16.3. The minimum Gasteiger partial charge on any atom is -0.395 e. The third-order valence-electron chi connectivity index (χ3n) is 5.19. The molecule has 3 unspecified atom stereocenters. The monoisotopic (exact) mass is 268 g/mol. The predicted octanol–water partition coefficient (Wildman–Crippen LogP) is 2.23. The van der Waals surface area contributed by atoms with Crippen molar-refractivity contribution in [3.8, 4) is 0 Å². The van der Waals surface area contributed by atoms with Gasteiger partial charge in [-0.25, -0.2) is 0 Å². The molecule has 19 heavy (non-hydrogen) atoms. The van der Waals surface area contributed by atoms with Gasteiger partial charge in [-0.1, -0.05) is 20.8 Å². The fraction of sp³-hybridized carbons (Fsp3) is 1.00. The lowest BCUT2D eigenvalue weighted by atomic mass is 9.67. The Bertz CT molecular complexity index is 283. The summed E-state index contributed by atoms with van der Waals surface area (Å²) in [5.74, 6) is 1.41. The third kappa shape index (κ3) is 4.17. The Balaban J connectivity index is 1.92. The van der Waals surface area contributed by atoms with Crippen molar-refractivity contribution in [1.82, 2.24) is 4.90 Å². The molecule has 3 N–H and O–H groups in total. The second-order valence-electron chi connectivity index (χ2n) is 7.75. The third-order valence-corrected chi connectivity index (χ3v) is 5.19. The molecule has 112 valence electrons. The van der Waals surface area contributed by atoms with E-state index in [9.17, 15) is 5.11 Å². The first-order chi connectivity index (χ1) is 8.91. The molecule has 2 aliphatic rings. The second kappa shape index (κ2) is 6.11. The minimum absolute atomic E-state index is 0.279. The molecule has 0 amide bonds. The molecule has 0 bridgehead atoms. The van der Waals surface area contributed by atoms with E-state index in [4.69, 9.17) is 5.73 Å². The number of aliphatic hydroxyl groups excluding tert-OH is 1. The van der Waals surface area contributed by atoms with Gasteiger partial charge in [-0.15, -0.1) is 0 Å². The molecule has 0 aromatic heterocycles. The van der Waals surface area contributed by atoms with E-state index in [1.165, 1.54) is 32.1 Å². The van der Waals surface area contributed by atoms with Gasteiger partial charge in [-0.05, 0) is 49.4 Å². The Labute approximate surface area is 118 Å². The van der Waals surface area contributed by atoms with Gasteiger partial charge in [-0.2, -0.15) is 0 Å². The zero-order valence-corrected chi connectivity index (χ0v) is 12.9. The van der Waals surface area contributed by atoms with Crippen molar-refractivity contribution in [1.29, 1.82) is 0 Å². The molecule has 0 saturated heterocycles. The normalized spacial score (nSPS) is 32.8. The molecule has 0 heterocycles. The van der Waals surface area contributed by atoms with E-state index in [0.29, 0.717) is 17.4 Å². The van der Waals surface area contributed by atoms with Crippen LogP contribution in [0.25, 0.3) is 0 Å². The van der Waals surface area contributed by atoms with Gasteiger partial charge >= 0.3 is 0 Å². The summed E-state index contributed by atoms with van der Waals surface area (Å²) in [6, 6.07) is 1.09. The average molecular weight is 268 g/mol. The van der Waals surface area contributed by atoms with Gasteiger partial charge < -0.3 is 10.8 Å². The average Bonchev–Trinajstić information content (AvgIpc) is 3.13. The van der Waals surface area contributed by atoms with Crippen LogP contribution in [-0.4, -0.2) is 41.8 Å². The number of nitrogens with two attached hydrogens (primary N) is 1. The van der Waals surface area contributed by atoms with Crippen LogP contribution in [0.2, 0.25) is 0 Å². The largest absolute Gasteiger partial charge is 0.395 e. The summed E-state index contributed by atoms with van der Waals surface area (Å²) in [5, 5.41) is 9.22. The number of nitrogens with zero attached hydrogens (tertiary/aromatic N) is 1. The first kappa shape index (κ1) is 15.3. The zero-order chi connectivity index (χ0) is 14.0. The first-order valence-corrected chi connectivity index (χ1v) is 8.02. The molecule has 2 saturated carbocycles. The predicted molar refractivity (Wildman–Crippen MR) is 79.9 cm³/mol. The molecule has 0 aliphatic heterocycles. The van der Waals surface area contributed by atoms with Gasteiger partial charge in [0.15, 0.2) is 0 Å². The molecule has 2 rings (SSSR count). The van der Waals surface area contributed by atoms with Crippen LogP contribution in [0.4, 0.5) is 0 Å². The Morgan fingerprint density at radius 3 is 2.37 bits per heavy atom. The lowest BCUT2D eigenvalue weighted by Gasteiger charge is -2.42. The van der Waals surface area contributed by atoms with E-state index >= 15 is 0 Å². The molecule has 0 aromatic carbocycles. The Morgan fingerprint density at radius 1 is 1.16 bits per heavy atom. The Morgan fingerprint density at radius 2 is 1.84 bits per heavy atom. The van der Waals surface area contributed by atoms with Gasteiger partial charge in [0.2, 0.25) is 0 Å². The molecular formula is C16H32N2O. The number of aliphatic hydroxyl groups is 1. The van der Waals surface area contributed by atoms with E-state index in [1.807, 2.05) is 0 Å². The quantitative estimate of drug-likeness (QED) is 0.804. The summed E-state index contributed by atoms with van der Waals surface area (Å²) in [6.45, 7) is 9.28. The molecular weight excluding hydrogens is 236 g/mol. The van der Waals surface area contributed by atoms with Crippen LogP contribution in [-0.2, 0) is 0 Å². The van der Waals surface area contributed by atoms with Gasteiger partial charge in [0.1, 0.15) is 0 Å². The maximum absolute atomic E-state index is 9.22. The summed E-state index contributed by atoms with van der Waals surface area (Å²) in [5.41, 5.74) is 6.76. The van der Waals surface area contributed by atoms with Crippen molar-refractivity contribution in [2.24, 2.45) is 23.0 Å². The summed E-state index contributed by atoms with van der Waals surface area (Å²) < 4.78 is 0. The summed E-state index contributed by atoms with van der Waals surface area (Å²) in [4.78, 5) is 2.48. The van der Waals surface area contributed by atoms with Crippen LogP contribution in [0.1, 0.15) is 52.9 Å². The summed E-state index contributed by atoms with van der Waals surface area (Å²) in [7, 11) is 0. The summed E-state index contributed by atoms with van der Waals surface area (Å²) in [6.07, 6.45) is 6.34. The van der Waals surface area contributed by atoms with Crippen molar-refractivity contribution in [2.75, 3.05) is 19.7 Å². The highest BCUT2D eigenvalue weighted by molar-refractivity contribution is 4.92. The fourth-order valence-corrected chi connectivity index (χ4v) is 3.58. The number of rotatable bonds is 5. The maximum Gasteiger partial charge on any atom is 0.0558 e. The highest BCUT2D eigenvalue weighted by Crippen LogP contribution is 2.40. The summed E-state index contributed by atoms with van der Waals surface area (Å²) >= 11 is 0. The SMILES string of the molecule is CC(C)(C)C1CCC(N)C(CN(CCO)C2CC2)C1. The van der Waals surface area contributed by atoms with E-state index in [0.717, 1.165) is 25.0 Å². The van der Waals surface area contributed by atoms with Crippen molar-refractivity contribution < 1.29 is 5.11 Å². The lowest BCUT2D eigenvalue weighted by Crippen LogP contribution is -2.46. The van der Waals surface area contributed by atoms with Crippen molar-refractivity contribution in [3.63, 3.8) is 0 Å². The molecule has 2 fully saturated rings. The molecule has 2 aliphatic carbocycles. The lowest BCUT2D eigenvalue weighted by molar-refractivity contribution is 0.0888. The zero-order valence-electron chi connectivity index (χ0n) is 12.9. The Kier molecular flexibility index (Phi) is 4.91. The van der Waals surface area contributed by atoms with E-state index in [2.05, 4.69) is 25.7 Å². The standard InChI is InChI=1S/C16H32N2O/c1-16(2,3)13-4-7-15(17)12(10-13)11-18(8-9-19)14-5-6-14/h12-15,19H,4-11,17H2,1-3H3. The Hall–Kier alpha value is -0.120. The fourth-order valence-electron chi connectivity index (χ4n) is 3.58. The van der Waals surface area contributed by atoms with Crippen molar-refractivity contribution in [2.45, 2.75) is 65.0 Å². The molecule has 0 radical (unpaired) electrons. The van der Waals surface area contributed by atoms with Crippen LogP contribution in [0.15, 0.2) is 0 Å².